The number of hydrogen-bond donors (Lipinski definition) is 1. The fourth-order valence-electron chi connectivity index (χ4n) is 2.31. The molecule has 0 radical (unpaired) electrons. The van der Waals surface area contributed by atoms with E-state index < -0.39 is 0 Å². The Labute approximate surface area is 120 Å². The smallest absolute Gasteiger partial charge is 0.199 e. The Kier molecular flexibility index (Phi) is 2.47. The van der Waals surface area contributed by atoms with Crippen LogP contribution in [0.25, 0.3) is 22.6 Å². The van der Waals surface area contributed by atoms with Gasteiger partial charge < -0.3 is 10.1 Å². The maximum atomic E-state index is 5.84. The third-order valence-electron chi connectivity index (χ3n) is 3.28. The molecule has 0 bridgehead atoms. The number of nitrogen functional groups attached to an aromatic ring is 1. The van der Waals surface area contributed by atoms with Gasteiger partial charge in [-0.3, -0.25) is 0 Å². The van der Waals surface area contributed by atoms with Crippen molar-refractivity contribution in [2.45, 2.75) is 0 Å². The summed E-state index contributed by atoms with van der Waals surface area (Å²) in [6.07, 6.45) is 9.00. The monoisotopic (exact) mass is 276 g/mol. The minimum atomic E-state index is 0.423. The van der Waals surface area contributed by atoms with E-state index in [1.165, 1.54) is 0 Å². The van der Waals surface area contributed by atoms with E-state index in [-0.39, 0.29) is 0 Å². The maximum Gasteiger partial charge on any atom is 0.199 e. The van der Waals surface area contributed by atoms with E-state index in [1.54, 1.807) is 23.3 Å². The number of nitrogens with zero attached hydrogens (tertiary/aromatic N) is 5. The normalized spacial score (nSPS) is 11.0. The predicted molar refractivity (Wildman–Crippen MR) is 80.0 cm³/mol. The summed E-state index contributed by atoms with van der Waals surface area (Å²) in [5.74, 6) is 1.04. The summed E-state index contributed by atoms with van der Waals surface area (Å²) in [4.78, 5) is 8.65. The molecule has 1 aromatic carbocycles. The minimum Gasteiger partial charge on any atom is -0.382 e. The van der Waals surface area contributed by atoms with Gasteiger partial charge in [-0.15, -0.1) is 0 Å². The van der Waals surface area contributed by atoms with Crippen LogP contribution in [0.15, 0.2) is 61.3 Å². The highest BCUT2D eigenvalue weighted by Crippen LogP contribution is 2.20. The van der Waals surface area contributed by atoms with Gasteiger partial charge in [-0.25, -0.2) is 14.6 Å². The summed E-state index contributed by atoms with van der Waals surface area (Å²) < 4.78 is 3.53. The van der Waals surface area contributed by atoms with E-state index in [2.05, 4.69) is 15.1 Å². The number of fused-ring (bicyclic) bond motifs is 1. The fourth-order valence-corrected chi connectivity index (χ4v) is 2.31. The van der Waals surface area contributed by atoms with Crippen LogP contribution in [0.2, 0.25) is 0 Å². The standard InChI is InChI=1S/C15H12N6/c16-13-10-20-7-6-17-14(20)15(19-13)21-9-12(8-18-21)11-4-2-1-3-5-11/h1-10H,16H2. The van der Waals surface area contributed by atoms with Crippen LogP contribution >= 0.6 is 0 Å². The molecule has 0 fully saturated rings. The topological polar surface area (TPSA) is 74.0 Å². The molecule has 6 heteroatoms. The Bertz CT molecular complexity index is 906. The van der Waals surface area contributed by atoms with Crippen LogP contribution in [0.5, 0.6) is 0 Å². The number of nitrogens with two attached hydrogens (primary N) is 1. The Morgan fingerprint density at radius 1 is 1.00 bits per heavy atom. The number of anilines is 1. The van der Waals surface area contributed by atoms with Crippen molar-refractivity contribution < 1.29 is 0 Å². The first kappa shape index (κ1) is 11.7. The van der Waals surface area contributed by atoms with E-state index >= 15 is 0 Å². The summed E-state index contributed by atoms with van der Waals surface area (Å²) in [7, 11) is 0. The molecule has 0 saturated heterocycles. The first-order valence-electron chi connectivity index (χ1n) is 6.51. The predicted octanol–water partition coefficient (Wildman–Crippen LogP) is 2.16. The molecular weight excluding hydrogens is 264 g/mol. The first-order valence-corrected chi connectivity index (χ1v) is 6.51. The van der Waals surface area contributed by atoms with Crippen molar-refractivity contribution in [3.05, 3.63) is 61.3 Å². The van der Waals surface area contributed by atoms with Gasteiger partial charge in [0.2, 0.25) is 0 Å². The third kappa shape index (κ3) is 1.93. The fraction of sp³-hybridized carbons (Fsp3) is 0. The van der Waals surface area contributed by atoms with E-state index in [9.17, 15) is 0 Å². The van der Waals surface area contributed by atoms with Crippen molar-refractivity contribution in [3.63, 3.8) is 0 Å². The van der Waals surface area contributed by atoms with Gasteiger partial charge in [-0.1, -0.05) is 30.3 Å². The lowest BCUT2D eigenvalue weighted by Gasteiger charge is -2.04. The molecule has 21 heavy (non-hydrogen) atoms. The molecule has 4 aromatic rings. The number of imidazole rings is 1. The van der Waals surface area contributed by atoms with Crippen LogP contribution < -0.4 is 5.73 Å². The molecule has 6 nitrogen and oxygen atoms in total. The molecule has 4 rings (SSSR count). The van der Waals surface area contributed by atoms with Crippen molar-refractivity contribution >= 4 is 11.5 Å². The zero-order valence-electron chi connectivity index (χ0n) is 11.1. The molecule has 0 aliphatic heterocycles. The van der Waals surface area contributed by atoms with Gasteiger partial charge in [0.05, 0.1) is 12.4 Å². The van der Waals surface area contributed by atoms with Crippen LogP contribution in [0.4, 0.5) is 5.82 Å². The lowest BCUT2D eigenvalue weighted by molar-refractivity contribution is 0.844. The molecule has 0 saturated carbocycles. The molecule has 3 heterocycles. The Hall–Kier alpha value is -3.15. The summed E-state index contributed by atoms with van der Waals surface area (Å²) in [5.41, 5.74) is 8.67. The van der Waals surface area contributed by atoms with E-state index in [4.69, 9.17) is 5.73 Å². The average Bonchev–Trinajstić information content (AvgIpc) is 3.16. The highest BCUT2D eigenvalue weighted by atomic mass is 15.3. The van der Waals surface area contributed by atoms with Crippen LogP contribution in [-0.4, -0.2) is 24.1 Å². The Morgan fingerprint density at radius 3 is 2.71 bits per heavy atom. The van der Waals surface area contributed by atoms with Crippen molar-refractivity contribution in [2.24, 2.45) is 0 Å². The molecule has 0 atom stereocenters. The average molecular weight is 276 g/mol. The second-order valence-electron chi connectivity index (χ2n) is 4.69. The number of benzene rings is 1. The largest absolute Gasteiger partial charge is 0.382 e. The van der Waals surface area contributed by atoms with Crippen LogP contribution in [0.3, 0.4) is 0 Å². The van der Waals surface area contributed by atoms with Gasteiger partial charge in [-0.2, -0.15) is 5.10 Å². The molecule has 0 amide bonds. The van der Waals surface area contributed by atoms with Crippen LogP contribution in [0.1, 0.15) is 0 Å². The van der Waals surface area contributed by atoms with Gasteiger partial charge in [0.25, 0.3) is 0 Å². The molecule has 102 valence electrons. The second-order valence-corrected chi connectivity index (χ2v) is 4.69. The Balaban J connectivity index is 1.87. The molecule has 0 aliphatic carbocycles. The number of rotatable bonds is 2. The van der Waals surface area contributed by atoms with Crippen LogP contribution in [-0.2, 0) is 0 Å². The summed E-state index contributed by atoms with van der Waals surface area (Å²) in [6, 6.07) is 10.1. The van der Waals surface area contributed by atoms with Crippen molar-refractivity contribution in [2.75, 3.05) is 5.73 Å². The highest BCUT2D eigenvalue weighted by molar-refractivity contribution is 5.63. The first-order chi connectivity index (χ1) is 10.3. The van der Waals surface area contributed by atoms with E-state index in [0.717, 1.165) is 11.1 Å². The zero-order chi connectivity index (χ0) is 14.2. The third-order valence-corrected chi connectivity index (χ3v) is 3.28. The zero-order valence-corrected chi connectivity index (χ0v) is 11.1. The van der Waals surface area contributed by atoms with Gasteiger partial charge >= 0.3 is 0 Å². The molecular formula is C15H12N6. The van der Waals surface area contributed by atoms with Crippen molar-refractivity contribution in [1.29, 1.82) is 0 Å². The number of hydrogen-bond acceptors (Lipinski definition) is 4. The van der Waals surface area contributed by atoms with E-state index in [1.807, 2.05) is 47.1 Å². The molecule has 3 aromatic heterocycles. The summed E-state index contributed by atoms with van der Waals surface area (Å²) >= 11 is 0. The van der Waals surface area contributed by atoms with Gasteiger partial charge in [0.15, 0.2) is 11.5 Å². The lowest BCUT2D eigenvalue weighted by Crippen LogP contribution is -2.05. The van der Waals surface area contributed by atoms with Crippen molar-refractivity contribution in [1.82, 2.24) is 24.1 Å². The SMILES string of the molecule is Nc1cn2ccnc2c(-n2cc(-c3ccccc3)cn2)n1. The second kappa shape index (κ2) is 4.45. The quantitative estimate of drug-likeness (QED) is 0.609. The van der Waals surface area contributed by atoms with Gasteiger partial charge in [0.1, 0.15) is 5.82 Å². The van der Waals surface area contributed by atoms with Gasteiger partial charge in [-0.05, 0) is 5.56 Å². The van der Waals surface area contributed by atoms with Crippen LogP contribution in [0, 0.1) is 0 Å². The summed E-state index contributed by atoms with van der Waals surface area (Å²) in [5, 5.41) is 4.38. The maximum absolute atomic E-state index is 5.84. The summed E-state index contributed by atoms with van der Waals surface area (Å²) in [6.45, 7) is 0. The van der Waals surface area contributed by atoms with Crippen molar-refractivity contribution in [3.8, 4) is 16.9 Å². The minimum absolute atomic E-state index is 0.423. The lowest BCUT2D eigenvalue weighted by atomic mass is 10.1. The molecule has 0 aliphatic rings. The van der Waals surface area contributed by atoms with Gasteiger partial charge in [0, 0.05) is 24.2 Å². The Morgan fingerprint density at radius 2 is 1.86 bits per heavy atom. The highest BCUT2D eigenvalue weighted by Gasteiger charge is 2.10. The number of aromatic nitrogens is 5. The molecule has 2 N–H and O–H groups in total. The van der Waals surface area contributed by atoms with E-state index in [0.29, 0.717) is 17.3 Å². The molecule has 0 unspecified atom stereocenters. The molecule has 0 spiro atoms.